The quantitative estimate of drug-likeness (QED) is 0.341. The highest BCUT2D eigenvalue weighted by Crippen LogP contribution is 2.31. The summed E-state index contributed by atoms with van der Waals surface area (Å²) in [5, 5.41) is 3.59. The molecule has 2 aromatic rings. The number of halogens is 2. The van der Waals surface area contributed by atoms with E-state index in [0.29, 0.717) is 11.4 Å². The van der Waals surface area contributed by atoms with E-state index in [1.54, 1.807) is 11.0 Å². The van der Waals surface area contributed by atoms with Crippen molar-refractivity contribution in [3.63, 3.8) is 0 Å². The zero-order chi connectivity index (χ0) is 27.8. The molecule has 2 rings (SSSR count). The van der Waals surface area contributed by atoms with Crippen molar-refractivity contribution in [1.82, 2.24) is 10.2 Å². The number of nitrogens with zero attached hydrogens (tertiary/aromatic N) is 2. The van der Waals surface area contributed by atoms with Gasteiger partial charge in [0.05, 0.1) is 17.0 Å². The number of rotatable bonds is 13. The second-order valence-corrected chi connectivity index (χ2v) is 12.0. The Morgan fingerprint density at radius 3 is 2.32 bits per heavy atom. The molecule has 10 heteroatoms. The van der Waals surface area contributed by atoms with Crippen molar-refractivity contribution in [2.45, 2.75) is 72.0 Å². The van der Waals surface area contributed by atoms with Crippen LogP contribution in [0.2, 0.25) is 10.0 Å². The lowest BCUT2D eigenvalue weighted by molar-refractivity contribution is -0.141. The summed E-state index contributed by atoms with van der Waals surface area (Å²) in [6.07, 6.45) is 2.61. The third kappa shape index (κ3) is 8.90. The molecule has 0 aromatic heterocycles. The van der Waals surface area contributed by atoms with Crippen molar-refractivity contribution in [2.75, 3.05) is 17.1 Å². The van der Waals surface area contributed by atoms with E-state index in [0.717, 1.165) is 28.1 Å². The maximum atomic E-state index is 13.5. The Kier molecular flexibility index (Phi) is 11.7. The van der Waals surface area contributed by atoms with E-state index in [-0.39, 0.29) is 54.5 Å². The summed E-state index contributed by atoms with van der Waals surface area (Å²) in [7, 11) is -3.68. The molecule has 0 aliphatic carbocycles. The maximum Gasteiger partial charge on any atom is 0.243 e. The molecule has 2 aromatic carbocycles. The van der Waals surface area contributed by atoms with Crippen molar-refractivity contribution in [1.29, 1.82) is 0 Å². The highest BCUT2D eigenvalue weighted by atomic mass is 35.5. The Balaban J connectivity index is 2.27. The van der Waals surface area contributed by atoms with Crippen LogP contribution in [0.5, 0.6) is 0 Å². The van der Waals surface area contributed by atoms with Crippen LogP contribution in [0, 0.1) is 6.92 Å². The molecular weight excluding hydrogens is 533 g/mol. The fourth-order valence-corrected chi connectivity index (χ4v) is 5.40. The molecule has 7 nitrogen and oxygen atoms in total. The minimum atomic E-state index is -3.68. The smallest absolute Gasteiger partial charge is 0.243 e. The second-order valence-electron chi connectivity index (χ2n) is 9.22. The first-order chi connectivity index (χ1) is 17.4. The summed E-state index contributed by atoms with van der Waals surface area (Å²) >= 11 is 12.3. The molecule has 0 bridgehead atoms. The third-order valence-electron chi connectivity index (χ3n) is 6.32. The fourth-order valence-electron chi connectivity index (χ4n) is 3.99. The molecule has 0 heterocycles. The van der Waals surface area contributed by atoms with Gasteiger partial charge in [-0.05, 0) is 62.4 Å². The van der Waals surface area contributed by atoms with Gasteiger partial charge in [0.2, 0.25) is 21.8 Å². The van der Waals surface area contributed by atoms with Gasteiger partial charge in [0, 0.05) is 30.6 Å². The summed E-state index contributed by atoms with van der Waals surface area (Å²) in [6.45, 7) is 8.09. The molecule has 0 fully saturated rings. The number of carbonyl (C=O) groups is 2. The molecule has 2 amide bonds. The van der Waals surface area contributed by atoms with Crippen LogP contribution < -0.4 is 9.62 Å². The molecule has 0 unspecified atom stereocenters. The SMILES string of the molecule is CC[C@H](C(=O)N[C@@H](C)CC)N(Cc1ccccc1C)C(=O)CCCN(c1cc(Cl)ccc1Cl)S(C)(=O)=O. The predicted octanol–water partition coefficient (Wildman–Crippen LogP) is 5.57. The number of anilines is 1. The molecule has 0 saturated carbocycles. The van der Waals surface area contributed by atoms with Crippen molar-refractivity contribution in [3.8, 4) is 0 Å². The lowest BCUT2D eigenvalue weighted by Gasteiger charge is -2.32. The van der Waals surface area contributed by atoms with Gasteiger partial charge in [0.1, 0.15) is 6.04 Å². The van der Waals surface area contributed by atoms with E-state index in [2.05, 4.69) is 5.32 Å². The number of aryl methyl sites for hydroxylation is 1. The molecule has 0 saturated heterocycles. The molecule has 1 N–H and O–H groups in total. The number of hydrogen-bond acceptors (Lipinski definition) is 4. The van der Waals surface area contributed by atoms with E-state index in [4.69, 9.17) is 23.2 Å². The van der Waals surface area contributed by atoms with Crippen LogP contribution >= 0.6 is 23.2 Å². The number of nitrogens with one attached hydrogen (secondary N) is 1. The van der Waals surface area contributed by atoms with E-state index in [1.165, 1.54) is 12.1 Å². The van der Waals surface area contributed by atoms with Crippen LogP contribution in [0.15, 0.2) is 42.5 Å². The number of hydrogen-bond donors (Lipinski definition) is 1. The standard InChI is InChI=1S/C27H37Cl2N3O4S/c1-6-20(4)30-27(34)24(7-2)31(18-21-12-9-8-11-19(21)3)26(33)13-10-16-32(37(5,35)36)25-17-22(28)14-15-23(25)29/h8-9,11-12,14-15,17,20,24H,6-7,10,13,16,18H2,1-5H3,(H,30,34)/t20-,24+/m0/s1. The minimum absolute atomic E-state index is 0.0114. The Morgan fingerprint density at radius 2 is 1.73 bits per heavy atom. The van der Waals surface area contributed by atoms with Crippen LogP contribution in [0.25, 0.3) is 0 Å². The summed E-state index contributed by atoms with van der Waals surface area (Å²) < 4.78 is 26.2. The van der Waals surface area contributed by atoms with Crippen molar-refractivity contribution in [2.24, 2.45) is 0 Å². The number of benzene rings is 2. The largest absolute Gasteiger partial charge is 0.352 e. The number of amides is 2. The lowest BCUT2D eigenvalue weighted by Crippen LogP contribution is -2.50. The molecular formula is C27H37Cl2N3O4S. The van der Waals surface area contributed by atoms with Gasteiger partial charge in [-0.15, -0.1) is 0 Å². The third-order valence-corrected chi connectivity index (χ3v) is 8.05. The summed E-state index contributed by atoms with van der Waals surface area (Å²) in [6, 6.07) is 11.7. The zero-order valence-corrected chi connectivity index (χ0v) is 24.5. The Hall–Kier alpha value is -2.29. The van der Waals surface area contributed by atoms with E-state index in [9.17, 15) is 18.0 Å². The van der Waals surface area contributed by atoms with Gasteiger partial charge in [-0.1, -0.05) is 61.3 Å². The van der Waals surface area contributed by atoms with E-state index in [1.807, 2.05) is 52.0 Å². The first-order valence-corrected chi connectivity index (χ1v) is 15.1. The summed E-state index contributed by atoms with van der Waals surface area (Å²) in [5.74, 6) is -0.415. The van der Waals surface area contributed by atoms with E-state index >= 15 is 0 Å². The predicted molar refractivity (Wildman–Crippen MR) is 152 cm³/mol. The highest BCUT2D eigenvalue weighted by Gasteiger charge is 2.30. The van der Waals surface area contributed by atoms with Gasteiger partial charge in [0.15, 0.2) is 0 Å². The number of sulfonamides is 1. The summed E-state index contributed by atoms with van der Waals surface area (Å²) in [5.41, 5.74) is 2.24. The van der Waals surface area contributed by atoms with Crippen LogP contribution in [0.4, 0.5) is 5.69 Å². The number of carbonyl (C=O) groups excluding carboxylic acids is 2. The minimum Gasteiger partial charge on any atom is -0.352 e. The Morgan fingerprint density at radius 1 is 1.05 bits per heavy atom. The van der Waals surface area contributed by atoms with Gasteiger partial charge in [-0.2, -0.15) is 0 Å². The molecule has 204 valence electrons. The molecule has 0 spiro atoms. The molecule has 2 atom stereocenters. The van der Waals surface area contributed by atoms with Crippen molar-refractivity contribution in [3.05, 3.63) is 63.6 Å². The van der Waals surface area contributed by atoms with Crippen LogP contribution in [-0.4, -0.2) is 50.0 Å². The fraction of sp³-hybridized carbons (Fsp3) is 0.481. The van der Waals surface area contributed by atoms with Crippen molar-refractivity contribution >= 4 is 50.7 Å². The molecule has 0 aliphatic rings. The van der Waals surface area contributed by atoms with Crippen LogP contribution in [0.3, 0.4) is 0 Å². The topological polar surface area (TPSA) is 86.8 Å². The first kappa shape index (κ1) is 30.9. The monoisotopic (exact) mass is 569 g/mol. The van der Waals surface area contributed by atoms with Crippen LogP contribution in [0.1, 0.15) is 57.6 Å². The first-order valence-electron chi connectivity index (χ1n) is 12.5. The van der Waals surface area contributed by atoms with Gasteiger partial charge < -0.3 is 10.2 Å². The Bertz CT molecular complexity index is 1190. The average molecular weight is 571 g/mol. The van der Waals surface area contributed by atoms with Crippen LogP contribution in [-0.2, 0) is 26.2 Å². The van der Waals surface area contributed by atoms with Gasteiger partial charge in [0.25, 0.3) is 0 Å². The molecule has 0 radical (unpaired) electrons. The van der Waals surface area contributed by atoms with Crippen molar-refractivity contribution < 1.29 is 18.0 Å². The summed E-state index contributed by atoms with van der Waals surface area (Å²) in [4.78, 5) is 28.3. The van der Waals surface area contributed by atoms with E-state index < -0.39 is 16.1 Å². The molecule has 0 aliphatic heterocycles. The van der Waals surface area contributed by atoms with Gasteiger partial charge in [-0.25, -0.2) is 8.42 Å². The average Bonchev–Trinajstić information content (AvgIpc) is 2.83. The lowest BCUT2D eigenvalue weighted by atomic mass is 10.0. The molecule has 37 heavy (non-hydrogen) atoms. The normalized spacial score (nSPS) is 13.1. The zero-order valence-electron chi connectivity index (χ0n) is 22.1. The Labute approximate surface area is 231 Å². The van der Waals surface area contributed by atoms with Gasteiger partial charge in [-0.3, -0.25) is 13.9 Å². The van der Waals surface area contributed by atoms with Gasteiger partial charge >= 0.3 is 0 Å². The second kappa shape index (κ2) is 14.0. The maximum absolute atomic E-state index is 13.5. The highest BCUT2D eigenvalue weighted by molar-refractivity contribution is 7.92.